The quantitative estimate of drug-likeness (QED) is 0.253. The highest BCUT2D eigenvalue weighted by Gasteiger charge is 2.53. The van der Waals surface area contributed by atoms with Crippen molar-refractivity contribution in [1.29, 1.82) is 0 Å². The summed E-state index contributed by atoms with van der Waals surface area (Å²) < 4.78 is 26.0. The third-order valence-electron chi connectivity index (χ3n) is 7.93. The van der Waals surface area contributed by atoms with Crippen LogP contribution in [0.3, 0.4) is 0 Å². The molecule has 0 heterocycles. The Labute approximate surface area is 220 Å². The second-order valence-electron chi connectivity index (χ2n) is 10.1. The largest absolute Gasteiger partial charge is 0.326 e. The molecule has 38 heavy (non-hydrogen) atoms. The van der Waals surface area contributed by atoms with Crippen LogP contribution < -0.4 is 5.32 Å². The van der Waals surface area contributed by atoms with Crippen LogP contribution in [0.25, 0.3) is 0 Å². The minimum absolute atomic E-state index is 0.0372. The number of rotatable bonds is 5. The maximum absolute atomic E-state index is 13.8. The molecule has 1 amide bonds. The predicted molar refractivity (Wildman–Crippen MR) is 143 cm³/mol. The van der Waals surface area contributed by atoms with E-state index in [-0.39, 0.29) is 33.2 Å². The van der Waals surface area contributed by atoms with E-state index in [4.69, 9.17) is 0 Å². The lowest BCUT2D eigenvalue weighted by atomic mass is 9.52. The topological polar surface area (TPSA) is 106 Å². The summed E-state index contributed by atoms with van der Waals surface area (Å²) in [5, 5.41) is 13.9. The van der Waals surface area contributed by atoms with E-state index in [1.165, 1.54) is 46.5 Å². The van der Waals surface area contributed by atoms with Crippen LogP contribution >= 0.6 is 0 Å². The standard InChI is InChI=1S/C30H24N2O5S/c1-30(18-27-23-6-2-4-8-25(23)28(30)26-9-5-3-7-24(26)27)29(33)31-19-10-14-21(15-11-19)38(36,37)22-16-12-20(13-17-22)32(34)35/h2-17,27-28H,18H2,1H3,(H,31,33). The van der Waals surface area contributed by atoms with Crippen LogP contribution in [0.4, 0.5) is 11.4 Å². The molecule has 0 fully saturated rings. The zero-order valence-electron chi connectivity index (χ0n) is 20.5. The zero-order chi connectivity index (χ0) is 26.7. The van der Waals surface area contributed by atoms with Gasteiger partial charge in [0.1, 0.15) is 0 Å². The van der Waals surface area contributed by atoms with Gasteiger partial charge in [-0.3, -0.25) is 14.9 Å². The van der Waals surface area contributed by atoms with E-state index in [1.807, 2.05) is 31.2 Å². The van der Waals surface area contributed by atoms with Crippen LogP contribution in [0.15, 0.2) is 107 Å². The number of fused-ring (bicyclic) bond motifs is 1. The minimum atomic E-state index is -3.87. The van der Waals surface area contributed by atoms with Crippen molar-refractivity contribution < 1.29 is 18.1 Å². The van der Waals surface area contributed by atoms with Gasteiger partial charge in [-0.05, 0) is 72.0 Å². The maximum Gasteiger partial charge on any atom is 0.269 e. The molecule has 1 unspecified atom stereocenters. The average Bonchev–Trinajstić information content (AvgIpc) is 2.93. The molecule has 190 valence electrons. The summed E-state index contributed by atoms with van der Waals surface area (Å²) in [6, 6.07) is 27.5. The number of non-ortho nitro benzene ring substituents is 1. The molecule has 4 aromatic carbocycles. The number of nitrogens with one attached hydrogen (secondary N) is 1. The molecule has 7 nitrogen and oxygen atoms in total. The molecule has 0 aromatic heterocycles. The summed E-state index contributed by atoms with van der Waals surface area (Å²) >= 11 is 0. The number of carbonyl (C=O) groups is 1. The molecule has 0 saturated carbocycles. The van der Waals surface area contributed by atoms with Gasteiger partial charge in [0, 0.05) is 29.7 Å². The number of sulfone groups is 1. The number of nitro groups is 1. The van der Waals surface area contributed by atoms with E-state index in [2.05, 4.69) is 29.6 Å². The van der Waals surface area contributed by atoms with Crippen LogP contribution in [0.5, 0.6) is 0 Å². The second-order valence-corrected chi connectivity index (χ2v) is 12.0. The number of amides is 1. The summed E-state index contributed by atoms with van der Waals surface area (Å²) in [6.07, 6.45) is 0.685. The summed E-state index contributed by atoms with van der Waals surface area (Å²) in [6.45, 7) is 2.01. The monoisotopic (exact) mass is 524 g/mol. The van der Waals surface area contributed by atoms with Crippen molar-refractivity contribution in [2.45, 2.75) is 35.0 Å². The Bertz CT molecular complexity index is 1650. The van der Waals surface area contributed by atoms with Crippen molar-refractivity contribution in [3.05, 3.63) is 129 Å². The van der Waals surface area contributed by atoms with Gasteiger partial charge in [-0.15, -0.1) is 0 Å². The van der Waals surface area contributed by atoms with E-state index < -0.39 is 20.2 Å². The molecule has 0 saturated heterocycles. The molecule has 4 aromatic rings. The Morgan fingerprint density at radius 2 is 1.29 bits per heavy atom. The molecule has 7 rings (SSSR count). The fraction of sp³-hybridized carbons (Fsp3) is 0.167. The van der Waals surface area contributed by atoms with Gasteiger partial charge in [-0.2, -0.15) is 0 Å². The number of hydrogen-bond donors (Lipinski definition) is 1. The Morgan fingerprint density at radius 3 is 1.79 bits per heavy atom. The van der Waals surface area contributed by atoms with Crippen molar-refractivity contribution in [3.8, 4) is 0 Å². The van der Waals surface area contributed by atoms with Gasteiger partial charge in [0.15, 0.2) is 0 Å². The van der Waals surface area contributed by atoms with E-state index in [1.54, 1.807) is 12.1 Å². The molecule has 0 spiro atoms. The van der Waals surface area contributed by atoms with Crippen molar-refractivity contribution >= 4 is 27.1 Å². The Morgan fingerprint density at radius 1 is 0.816 bits per heavy atom. The molecule has 3 aliphatic carbocycles. The average molecular weight is 525 g/mol. The molecule has 3 aliphatic rings. The lowest BCUT2D eigenvalue weighted by Crippen LogP contribution is -2.47. The summed E-state index contributed by atoms with van der Waals surface area (Å²) in [5.74, 6) is -0.0541. The number of nitro benzene ring substituents is 1. The number of carbonyl (C=O) groups excluding carboxylic acids is 1. The summed E-state index contributed by atoms with van der Waals surface area (Å²) in [4.78, 5) is 24.1. The Hall–Kier alpha value is -4.30. The SMILES string of the molecule is CC1(C(=O)Nc2ccc(S(=O)(=O)c3ccc([N+](=O)[O-])cc3)cc2)CC2c3ccccc3C1c1ccccc12. The molecule has 0 radical (unpaired) electrons. The lowest BCUT2D eigenvalue weighted by Gasteiger charge is -2.50. The lowest BCUT2D eigenvalue weighted by molar-refractivity contribution is -0.384. The molecule has 1 N–H and O–H groups in total. The predicted octanol–water partition coefficient (Wildman–Crippen LogP) is 6.05. The fourth-order valence-corrected chi connectivity index (χ4v) is 7.32. The Balaban J connectivity index is 1.27. The van der Waals surface area contributed by atoms with Gasteiger partial charge in [0.25, 0.3) is 5.69 Å². The third kappa shape index (κ3) is 3.63. The molecule has 8 heteroatoms. The van der Waals surface area contributed by atoms with Crippen LogP contribution in [0, 0.1) is 15.5 Å². The highest BCUT2D eigenvalue weighted by atomic mass is 32.2. The van der Waals surface area contributed by atoms with Gasteiger partial charge < -0.3 is 5.32 Å². The second kappa shape index (κ2) is 8.63. The van der Waals surface area contributed by atoms with Gasteiger partial charge in [0.05, 0.1) is 20.1 Å². The fourth-order valence-electron chi connectivity index (χ4n) is 6.06. The van der Waals surface area contributed by atoms with E-state index in [0.717, 1.165) is 12.1 Å². The molecule has 2 bridgehead atoms. The highest BCUT2D eigenvalue weighted by Crippen LogP contribution is 2.61. The van der Waals surface area contributed by atoms with Gasteiger partial charge in [0.2, 0.25) is 15.7 Å². The van der Waals surface area contributed by atoms with Gasteiger partial charge in [-0.1, -0.05) is 48.5 Å². The van der Waals surface area contributed by atoms with E-state index >= 15 is 0 Å². The van der Waals surface area contributed by atoms with Gasteiger partial charge in [-0.25, -0.2) is 8.42 Å². The van der Waals surface area contributed by atoms with Crippen LogP contribution in [-0.4, -0.2) is 19.2 Å². The first-order chi connectivity index (χ1) is 18.2. The van der Waals surface area contributed by atoms with Crippen LogP contribution in [0.2, 0.25) is 0 Å². The van der Waals surface area contributed by atoms with Crippen LogP contribution in [-0.2, 0) is 14.6 Å². The van der Waals surface area contributed by atoms with E-state index in [9.17, 15) is 23.3 Å². The summed E-state index contributed by atoms with van der Waals surface area (Å²) in [7, 11) is -3.87. The first-order valence-corrected chi connectivity index (χ1v) is 13.8. The van der Waals surface area contributed by atoms with Crippen molar-refractivity contribution in [1.82, 2.24) is 0 Å². The zero-order valence-corrected chi connectivity index (χ0v) is 21.3. The maximum atomic E-state index is 13.8. The molecular weight excluding hydrogens is 500 g/mol. The highest BCUT2D eigenvalue weighted by molar-refractivity contribution is 7.91. The third-order valence-corrected chi connectivity index (χ3v) is 9.71. The number of nitrogens with zero attached hydrogens (tertiary/aromatic N) is 1. The minimum Gasteiger partial charge on any atom is -0.326 e. The normalized spacial score (nSPS) is 21.3. The molecule has 0 aliphatic heterocycles. The first-order valence-electron chi connectivity index (χ1n) is 12.3. The van der Waals surface area contributed by atoms with Crippen molar-refractivity contribution in [2.24, 2.45) is 5.41 Å². The first kappa shape index (κ1) is 24.1. The molecule has 1 atom stereocenters. The number of anilines is 1. The van der Waals surface area contributed by atoms with Crippen molar-refractivity contribution in [2.75, 3.05) is 5.32 Å². The van der Waals surface area contributed by atoms with Crippen LogP contribution in [0.1, 0.15) is 47.4 Å². The van der Waals surface area contributed by atoms with Gasteiger partial charge >= 0.3 is 0 Å². The number of hydrogen-bond acceptors (Lipinski definition) is 5. The summed E-state index contributed by atoms with van der Waals surface area (Å²) in [5.41, 5.74) is 4.56. The Kier molecular flexibility index (Phi) is 5.47. The number of benzene rings is 4. The smallest absolute Gasteiger partial charge is 0.269 e. The molecular formula is C30H24N2O5S. The van der Waals surface area contributed by atoms with E-state index in [0.29, 0.717) is 12.1 Å². The van der Waals surface area contributed by atoms with Crippen molar-refractivity contribution in [3.63, 3.8) is 0 Å².